The third-order valence-electron chi connectivity index (χ3n) is 11.2. The largest absolute Gasteiger partial charge is 0.456 e. The van der Waals surface area contributed by atoms with Crippen LogP contribution in [0.15, 0.2) is 183 Å². The molecular weight excluding hydrogens is 717 g/mol. The Hall–Kier alpha value is -7.77. The van der Waals surface area contributed by atoms with Crippen molar-refractivity contribution in [2.75, 3.05) is 4.90 Å². The lowest BCUT2D eigenvalue weighted by Crippen LogP contribution is -2.10. The van der Waals surface area contributed by atoms with Crippen molar-refractivity contribution in [3.8, 4) is 22.8 Å². The van der Waals surface area contributed by atoms with Gasteiger partial charge in [-0.15, -0.1) is 0 Å². The summed E-state index contributed by atoms with van der Waals surface area (Å²) in [5.74, 6) is 1.93. The molecule has 0 amide bonds. The third-order valence-corrected chi connectivity index (χ3v) is 11.2. The summed E-state index contributed by atoms with van der Waals surface area (Å²) in [7, 11) is 0. The highest BCUT2D eigenvalue weighted by molar-refractivity contribution is 6.15. The van der Waals surface area contributed by atoms with Gasteiger partial charge in [-0.2, -0.15) is 0 Å². The van der Waals surface area contributed by atoms with Crippen molar-refractivity contribution in [1.29, 1.82) is 0 Å². The van der Waals surface area contributed by atoms with Crippen LogP contribution in [0.3, 0.4) is 0 Å². The number of hydrogen-bond acceptors (Lipinski definition) is 7. The van der Waals surface area contributed by atoms with Crippen molar-refractivity contribution in [3.05, 3.63) is 176 Å². The minimum absolute atomic E-state index is 0.599. The first-order valence-electron chi connectivity index (χ1n) is 19.5. The van der Waals surface area contributed by atoms with Crippen molar-refractivity contribution < 1.29 is 13.3 Å². The summed E-state index contributed by atoms with van der Waals surface area (Å²) in [5.41, 5.74) is 10.6. The molecule has 4 aromatic heterocycles. The molecule has 0 radical (unpaired) electrons. The Morgan fingerprint density at radius 2 is 1.00 bits per heavy atom. The van der Waals surface area contributed by atoms with E-state index in [-0.39, 0.29) is 0 Å². The zero-order valence-electron chi connectivity index (χ0n) is 31.1. The maximum Gasteiger partial charge on any atom is 0.164 e. The molecule has 4 heterocycles. The number of hydrogen-bond donors (Lipinski definition) is 0. The molecule has 0 N–H and O–H groups in total. The molecule has 11 aromatic rings. The van der Waals surface area contributed by atoms with Crippen molar-refractivity contribution in [2.24, 2.45) is 0 Å². The molecule has 58 heavy (non-hydrogen) atoms. The highest BCUT2D eigenvalue weighted by Gasteiger charge is 2.23. The Labute approximate surface area is 331 Å². The van der Waals surface area contributed by atoms with Gasteiger partial charge in [0.2, 0.25) is 0 Å². The van der Waals surface area contributed by atoms with Crippen LogP contribution in [0.5, 0.6) is 0 Å². The maximum atomic E-state index is 6.70. The number of nitrogens with zero attached hydrogens (tertiary/aromatic N) is 4. The van der Waals surface area contributed by atoms with E-state index in [4.69, 9.17) is 28.2 Å². The predicted molar refractivity (Wildman–Crippen MR) is 234 cm³/mol. The molecule has 0 aliphatic heterocycles. The highest BCUT2D eigenvalue weighted by Crippen LogP contribution is 2.46. The van der Waals surface area contributed by atoms with E-state index in [1.54, 1.807) is 0 Å². The van der Waals surface area contributed by atoms with Gasteiger partial charge in [0.1, 0.15) is 33.5 Å². The van der Waals surface area contributed by atoms with Crippen LogP contribution in [0.2, 0.25) is 0 Å². The van der Waals surface area contributed by atoms with Gasteiger partial charge < -0.3 is 18.2 Å². The van der Waals surface area contributed by atoms with Gasteiger partial charge in [-0.3, -0.25) is 0 Å². The third kappa shape index (κ3) is 5.24. The SMILES string of the molecule is C1=CCCC(c2nc(-c3ccccc3)nc(-c3ccc4c(c3)oc3cccc(N(c5ccc6c(c5)oc5ccccc56)c5ccc6c(c5)oc5ccccc56)c34)n2)=C1. The topological polar surface area (TPSA) is 81.3 Å². The van der Waals surface area contributed by atoms with Crippen molar-refractivity contribution in [3.63, 3.8) is 0 Å². The standard InChI is InChI=1S/C51H32N4O3/c1-3-12-31(13-4-1)49-52-50(32-14-5-2-6-15-32)54-51(53-49)33-22-25-40-45(28-33)58-44-21-11-18-41(48(40)44)55(34-23-26-38-36-16-7-9-19-42(36)56-46(38)29-34)35-24-27-39-37-17-8-10-20-43(37)57-47(39)30-35/h1-5,7-14,16-30H,6,15H2. The van der Waals surface area contributed by atoms with Gasteiger partial charge in [0.15, 0.2) is 17.5 Å². The van der Waals surface area contributed by atoms with Crippen molar-refractivity contribution in [1.82, 2.24) is 15.0 Å². The van der Waals surface area contributed by atoms with Gasteiger partial charge >= 0.3 is 0 Å². The van der Waals surface area contributed by atoms with Crippen LogP contribution >= 0.6 is 0 Å². The van der Waals surface area contributed by atoms with Gasteiger partial charge in [-0.05, 0) is 79.1 Å². The molecule has 0 fully saturated rings. The van der Waals surface area contributed by atoms with Crippen LogP contribution in [-0.4, -0.2) is 15.0 Å². The first-order chi connectivity index (χ1) is 28.7. The van der Waals surface area contributed by atoms with E-state index >= 15 is 0 Å². The summed E-state index contributed by atoms with van der Waals surface area (Å²) in [6.45, 7) is 0. The first-order valence-corrected chi connectivity index (χ1v) is 19.5. The number of anilines is 3. The molecule has 0 saturated heterocycles. The monoisotopic (exact) mass is 748 g/mol. The minimum Gasteiger partial charge on any atom is -0.456 e. The number of rotatable bonds is 6. The van der Waals surface area contributed by atoms with Crippen LogP contribution in [0.1, 0.15) is 18.7 Å². The van der Waals surface area contributed by atoms with Gasteiger partial charge in [0, 0.05) is 61.6 Å². The van der Waals surface area contributed by atoms with E-state index in [0.29, 0.717) is 17.5 Å². The summed E-state index contributed by atoms with van der Waals surface area (Å²) >= 11 is 0. The molecule has 1 aliphatic rings. The molecule has 0 bridgehead atoms. The number of aromatic nitrogens is 3. The van der Waals surface area contributed by atoms with Gasteiger partial charge in [-0.1, -0.05) is 97.1 Å². The number of benzene rings is 7. The number of allylic oxidation sites excluding steroid dienone is 4. The van der Waals surface area contributed by atoms with Gasteiger partial charge in [-0.25, -0.2) is 15.0 Å². The van der Waals surface area contributed by atoms with Crippen LogP contribution in [0.25, 0.3) is 94.2 Å². The lowest BCUT2D eigenvalue weighted by atomic mass is 10.0. The second kappa shape index (κ2) is 12.9. The Morgan fingerprint density at radius 1 is 0.431 bits per heavy atom. The summed E-state index contributed by atoms with van der Waals surface area (Å²) in [5, 5.41) is 6.28. The second-order valence-corrected chi connectivity index (χ2v) is 14.7. The van der Waals surface area contributed by atoms with E-state index in [2.05, 4.69) is 89.9 Å². The lowest BCUT2D eigenvalue weighted by Gasteiger charge is -2.26. The van der Waals surface area contributed by atoms with Gasteiger partial charge in [0.05, 0.1) is 11.1 Å². The molecule has 0 saturated carbocycles. The number of fused-ring (bicyclic) bond motifs is 9. The normalized spacial score (nSPS) is 13.1. The quantitative estimate of drug-likeness (QED) is 0.167. The molecule has 7 nitrogen and oxygen atoms in total. The Morgan fingerprint density at radius 3 is 1.69 bits per heavy atom. The molecule has 7 heteroatoms. The maximum absolute atomic E-state index is 6.70. The molecule has 0 atom stereocenters. The Bertz CT molecular complexity index is 3370. The molecule has 7 aromatic carbocycles. The van der Waals surface area contributed by atoms with Crippen LogP contribution in [-0.2, 0) is 0 Å². The predicted octanol–water partition coefficient (Wildman–Crippen LogP) is 14.1. The van der Waals surface area contributed by atoms with Gasteiger partial charge in [0.25, 0.3) is 0 Å². The van der Waals surface area contributed by atoms with E-state index in [1.165, 1.54) is 0 Å². The lowest BCUT2D eigenvalue weighted by molar-refractivity contribution is 0.669. The van der Waals surface area contributed by atoms with Crippen LogP contribution < -0.4 is 4.90 Å². The minimum atomic E-state index is 0.599. The zero-order chi connectivity index (χ0) is 38.2. The average Bonchev–Trinajstić information content (AvgIpc) is 3.97. The fourth-order valence-corrected chi connectivity index (χ4v) is 8.42. The fraction of sp³-hybridized carbons (Fsp3) is 0.0392. The number of para-hydroxylation sites is 2. The average molecular weight is 749 g/mol. The zero-order valence-corrected chi connectivity index (χ0v) is 31.1. The second-order valence-electron chi connectivity index (χ2n) is 14.7. The summed E-state index contributed by atoms with van der Waals surface area (Å²) in [4.78, 5) is 17.2. The molecule has 274 valence electrons. The van der Waals surface area contributed by atoms with Crippen molar-refractivity contribution in [2.45, 2.75) is 12.8 Å². The summed E-state index contributed by atoms with van der Waals surface area (Å²) in [6, 6.07) is 51.7. The first kappa shape index (κ1) is 32.5. The van der Waals surface area contributed by atoms with E-state index in [9.17, 15) is 0 Å². The number of furan rings is 3. The smallest absolute Gasteiger partial charge is 0.164 e. The van der Waals surface area contributed by atoms with Crippen molar-refractivity contribution >= 4 is 88.5 Å². The highest BCUT2D eigenvalue weighted by atomic mass is 16.3. The fourth-order valence-electron chi connectivity index (χ4n) is 8.42. The summed E-state index contributed by atoms with van der Waals surface area (Å²) in [6.07, 6.45) is 8.18. The van der Waals surface area contributed by atoms with E-state index < -0.39 is 0 Å². The molecule has 1 aliphatic carbocycles. The van der Waals surface area contributed by atoms with E-state index in [0.717, 1.165) is 112 Å². The van der Waals surface area contributed by atoms with E-state index in [1.807, 2.05) is 84.9 Å². The van der Waals surface area contributed by atoms with Crippen LogP contribution in [0, 0.1) is 0 Å². The molecule has 0 unspecified atom stereocenters. The molecule has 0 spiro atoms. The Kier molecular flexibility index (Phi) is 7.22. The van der Waals surface area contributed by atoms with Crippen LogP contribution in [0.4, 0.5) is 17.1 Å². The molecular formula is C51H32N4O3. The molecule has 12 rings (SSSR count). The summed E-state index contributed by atoms with van der Waals surface area (Å²) < 4.78 is 19.5. The Balaban J connectivity index is 1.04.